The molecule has 1 heterocycles. The van der Waals surface area contributed by atoms with Crippen molar-refractivity contribution in [1.82, 2.24) is 5.01 Å². The van der Waals surface area contributed by atoms with Crippen molar-refractivity contribution in [1.29, 1.82) is 0 Å². The van der Waals surface area contributed by atoms with Crippen LogP contribution in [-0.2, 0) is 9.59 Å². The first-order valence-corrected chi connectivity index (χ1v) is 8.12. The molecule has 1 aromatic carbocycles. The van der Waals surface area contributed by atoms with Gasteiger partial charge in [-0.1, -0.05) is 35.9 Å². The Morgan fingerprint density at radius 3 is 2.18 bits per heavy atom. The van der Waals surface area contributed by atoms with Gasteiger partial charge in [0.05, 0.1) is 22.5 Å². The molecular formula is C17H15ClN2O2. The van der Waals surface area contributed by atoms with Crippen molar-refractivity contribution in [3.63, 3.8) is 0 Å². The second kappa shape index (κ2) is 4.13. The minimum absolute atomic E-state index is 0.0976. The number of hydrazine groups is 1. The van der Waals surface area contributed by atoms with Gasteiger partial charge in [0.25, 0.3) is 11.8 Å². The van der Waals surface area contributed by atoms with E-state index in [4.69, 9.17) is 11.6 Å². The lowest BCUT2D eigenvalue weighted by Gasteiger charge is -2.37. The second-order valence-electron chi connectivity index (χ2n) is 6.76. The highest BCUT2D eigenvalue weighted by molar-refractivity contribution is 6.33. The third kappa shape index (κ3) is 1.48. The van der Waals surface area contributed by atoms with Crippen molar-refractivity contribution in [2.45, 2.75) is 6.42 Å². The third-order valence-electron chi connectivity index (χ3n) is 5.77. The first kappa shape index (κ1) is 12.7. The van der Waals surface area contributed by atoms with Crippen molar-refractivity contribution in [2.75, 3.05) is 5.43 Å². The van der Waals surface area contributed by atoms with Crippen LogP contribution in [0.2, 0.25) is 5.02 Å². The molecule has 2 saturated carbocycles. The summed E-state index contributed by atoms with van der Waals surface area (Å²) in [5, 5.41) is 1.70. The van der Waals surface area contributed by atoms with Gasteiger partial charge in [0.2, 0.25) is 0 Å². The van der Waals surface area contributed by atoms with Gasteiger partial charge in [-0.15, -0.1) is 0 Å². The molecule has 6 atom stereocenters. The van der Waals surface area contributed by atoms with E-state index in [0.29, 0.717) is 22.5 Å². The van der Waals surface area contributed by atoms with Crippen LogP contribution in [0.5, 0.6) is 0 Å². The molecule has 6 rings (SSSR count). The van der Waals surface area contributed by atoms with E-state index in [2.05, 4.69) is 17.6 Å². The van der Waals surface area contributed by atoms with Crippen molar-refractivity contribution in [3.8, 4) is 0 Å². The lowest BCUT2D eigenvalue weighted by atomic mass is 9.63. The molecule has 1 N–H and O–H groups in total. The lowest BCUT2D eigenvalue weighted by molar-refractivity contribution is -0.138. The number of hydrogen-bond donors (Lipinski definition) is 1. The molecule has 3 fully saturated rings. The van der Waals surface area contributed by atoms with Gasteiger partial charge in [-0.3, -0.25) is 15.0 Å². The number of para-hydroxylation sites is 1. The topological polar surface area (TPSA) is 49.4 Å². The molecular weight excluding hydrogens is 300 g/mol. The summed E-state index contributed by atoms with van der Waals surface area (Å²) >= 11 is 6.13. The van der Waals surface area contributed by atoms with E-state index in [-0.39, 0.29) is 35.5 Å². The largest absolute Gasteiger partial charge is 0.287 e. The molecule has 4 nitrogen and oxygen atoms in total. The summed E-state index contributed by atoms with van der Waals surface area (Å²) < 4.78 is 0. The molecule has 0 spiro atoms. The van der Waals surface area contributed by atoms with E-state index < -0.39 is 0 Å². The van der Waals surface area contributed by atoms with Gasteiger partial charge in [0.15, 0.2) is 0 Å². The van der Waals surface area contributed by atoms with Crippen LogP contribution in [0.25, 0.3) is 0 Å². The van der Waals surface area contributed by atoms with Crippen molar-refractivity contribution in [3.05, 3.63) is 41.4 Å². The number of benzene rings is 1. The number of halogens is 1. The fourth-order valence-electron chi connectivity index (χ4n) is 4.74. The predicted octanol–water partition coefficient (Wildman–Crippen LogP) is 2.72. The average molecular weight is 315 g/mol. The number of carbonyl (C=O) groups is 2. The van der Waals surface area contributed by atoms with Crippen LogP contribution in [0.4, 0.5) is 5.69 Å². The van der Waals surface area contributed by atoms with Gasteiger partial charge < -0.3 is 0 Å². The fraction of sp³-hybridized carbons (Fsp3) is 0.412. The minimum Gasteiger partial charge on any atom is -0.287 e. The highest BCUT2D eigenvalue weighted by Gasteiger charge is 2.67. The molecule has 1 aliphatic heterocycles. The van der Waals surface area contributed by atoms with Gasteiger partial charge in [0.1, 0.15) is 0 Å². The standard InChI is InChI=1S/C17H15ClN2O2/c18-12-3-1-2-4-13(12)19-20-16(21)14-8-5-6-9(11-7-10(8)11)15(14)17(20)22/h1-6,8-11,14-15,19H,7H2. The number of nitrogens with one attached hydrogen (secondary N) is 1. The smallest absolute Gasteiger partial charge is 0.252 e. The Labute approximate surface area is 133 Å². The molecule has 6 unspecified atom stereocenters. The maximum Gasteiger partial charge on any atom is 0.252 e. The molecule has 5 heteroatoms. The van der Waals surface area contributed by atoms with Crippen LogP contribution in [-0.4, -0.2) is 16.8 Å². The number of hydrogen-bond acceptors (Lipinski definition) is 3. The molecule has 2 bridgehead atoms. The van der Waals surface area contributed by atoms with Crippen LogP contribution < -0.4 is 5.43 Å². The van der Waals surface area contributed by atoms with Crippen LogP contribution in [0.15, 0.2) is 36.4 Å². The summed E-state index contributed by atoms with van der Waals surface area (Å²) in [5.74, 6) is 1.17. The van der Waals surface area contributed by atoms with Crippen molar-refractivity contribution >= 4 is 29.1 Å². The molecule has 2 amide bonds. The van der Waals surface area contributed by atoms with E-state index in [1.54, 1.807) is 12.1 Å². The highest BCUT2D eigenvalue weighted by Crippen LogP contribution is 2.65. The number of allylic oxidation sites excluding steroid dienone is 2. The number of imide groups is 1. The van der Waals surface area contributed by atoms with E-state index in [9.17, 15) is 9.59 Å². The molecule has 0 radical (unpaired) electrons. The Kier molecular flexibility index (Phi) is 2.39. The van der Waals surface area contributed by atoms with E-state index >= 15 is 0 Å². The summed E-state index contributed by atoms with van der Waals surface area (Å²) in [6, 6.07) is 7.16. The van der Waals surface area contributed by atoms with Gasteiger partial charge in [-0.25, -0.2) is 0 Å². The summed E-state index contributed by atoms with van der Waals surface area (Å²) in [6.45, 7) is 0. The number of carbonyl (C=O) groups excluding carboxylic acids is 2. The fourth-order valence-corrected chi connectivity index (χ4v) is 4.92. The third-order valence-corrected chi connectivity index (χ3v) is 6.10. The quantitative estimate of drug-likeness (QED) is 0.674. The summed E-state index contributed by atoms with van der Waals surface area (Å²) in [7, 11) is 0. The minimum atomic E-state index is -0.179. The van der Waals surface area contributed by atoms with Crippen LogP contribution in [0, 0.1) is 35.5 Å². The maximum atomic E-state index is 12.8. The van der Waals surface area contributed by atoms with Gasteiger partial charge in [0, 0.05) is 0 Å². The zero-order valence-corrected chi connectivity index (χ0v) is 12.5. The Bertz CT molecular complexity index is 695. The Balaban J connectivity index is 1.49. The Hall–Kier alpha value is -1.81. The molecule has 0 aromatic heterocycles. The van der Waals surface area contributed by atoms with Gasteiger partial charge in [-0.05, 0) is 42.2 Å². The zero-order chi connectivity index (χ0) is 15.0. The first-order valence-electron chi connectivity index (χ1n) is 7.74. The van der Waals surface area contributed by atoms with E-state index in [0.717, 1.165) is 0 Å². The molecule has 4 aliphatic carbocycles. The number of rotatable bonds is 2. The summed E-state index contributed by atoms with van der Waals surface area (Å²) in [6.07, 6.45) is 5.52. The molecule has 112 valence electrons. The van der Waals surface area contributed by atoms with Crippen LogP contribution in [0.3, 0.4) is 0 Å². The molecule has 1 aromatic rings. The first-order chi connectivity index (χ1) is 10.7. The molecule has 1 saturated heterocycles. The van der Waals surface area contributed by atoms with Crippen molar-refractivity contribution < 1.29 is 9.59 Å². The van der Waals surface area contributed by atoms with Crippen LogP contribution in [0.1, 0.15) is 6.42 Å². The number of amides is 2. The second-order valence-corrected chi connectivity index (χ2v) is 7.17. The van der Waals surface area contributed by atoms with E-state index in [1.165, 1.54) is 11.4 Å². The normalized spacial score (nSPS) is 40.7. The molecule has 5 aliphatic rings. The molecule has 22 heavy (non-hydrogen) atoms. The monoisotopic (exact) mass is 314 g/mol. The number of nitrogens with zero attached hydrogens (tertiary/aromatic N) is 1. The van der Waals surface area contributed by atoms with Crippen LogP contribution >= 0.6 is 11.6 Å². The average Bonchev–Trinajstić information content (AvgIpc) is 3.30. The summed E-state index contributed by atoms with van der Waals surface area (Å²) in [4.78, 5) is 25.6. The van der Waals surface area contributed by atoms with Crippen molar-refractivity contribution in [2.24, 2.45) is 35.5 Å². The SMILES string of the molecule is O=C1C2C3C=CC(C4CC34)C2C(=O)N1Nc1ccccc1Cl. The van der Waals surface area contributed by atoms with Gasteiger partial charge in [-0.2, -0.15) is 5.01 Å². The Morgan fingerprint density at radius 1 is 1.00 bits per heavy atom. The maximum absolute atomic E-state index is 12.8. The summed E-state index contributed by atoms with van der Waals surface area (Å²) in [5.41, 5.74) is 3.53. The predicted molar refractivity (Wildman–Crippen MR) is 81.6 cm³/mol. The Morgan fingerprint density at radius 2 is 1.59 bits per heavy atom. The highest BCUT2D eigenvalue weighted by atomic mass is 35.5. The number of anilines is 1. The van der Waals surface area contributed by atoms with Gasteiger partial charge >= 0.3 is 0 Å². The van der Waals surface area contributed by atoms with E-state index in [1.807, 2.05) is 12.1 Å². The lowest BCUT2D eigenvalue weighted by Crippen LogP contribution is -2.40. The zero-order valence-electron chi connectivity index (χ0n) is 11.8.